The number of pyridine rings is 1. The Labute approximate surface area is 242 Å². The van der Waals surface area contributed by atoms with Gasteiger partial charge in [-0.2, -0.15) is 0 Å². The summed E-state index contributed by atoms with van der Waals surface area (Å²) >= 11 is 0. The molecule has 0 bridgehead atoms. The fourth-order valence-electron chi connectivity index (χ4n) is 8.44. The Morgan fingerprint density at radius 1 is 0.462 bits per heavy atom. The minimum Gasteiger partial charge on any atom is -0.256 e. The Morgan fingerprint density at radius 3 is 1.18 bits per heavy atom. The van der Waals surface area contributed by atoms with Gasteiger partial charge in [0.1, 0.15) is 0 Å². The molecule has 4 rings (SSSR count). The van der Waals surface area contributed by atoms with E-state index in [2.05, 4.69) is 149 Å². The van der Waals surface area contributed by atoms with Crippen molar-refractivity contribution in [1.82, 2.24) is 4.98 Å². The van der Waals surface area contributed by atoms with Crippen molar-refractivity contribution in [2.24, 2.45) is 21.7 Å². The van der Waals surface area contributed by atoms with E-state index in [0.29, 0.717) is 5.92 Å². The number of benzene rings is 1. The number of nitrogens with zero attached hydrogens (tertiary/aromatic N) is 1. The van der Waals surface area contributed by atoms with Gasteiger partial charge < -0.3 is 0 Å². The fraction of sp³-hybridized carbons (Fsp3) is 0.711. The fourth-order valence-corrected chi connectivity index (χ4v) is 8.44. The van der Waals surface area contributed by atoms with Gasteiger partial charge in [-0.1, -0.05) is 131 Å². The molecule has 1 aromatic heterocycles. The van der Waals surface area contributed by atoms with Crippen molar-refractivity contribution >= 4 is 0 Å². The number of fused-ring (bicyclic) bond motifs is 2. The zero-order valence-electron chi connectivity index (χ0n) is 28.8. The van der Waals surface area contributed by atoms with Crippen molar-refractivity contribution in [2.75, 3.05) is 0 Å². The highest BCUT2D eigenvalue weighted by Crippen LogP contribution is 2.67. The van der Waals surface area contributed by atoms with Crippen LogP contribution >= 0.6 is 0 Å². The van der Waals surface area contributed by atoms with Gasteiger partial charge in [0.05, 0.1) is 5.69 Å². The zero-order chi connectivity index (χ0) is 30.2. The summed E-state index contributed by atoms with van der Waals surface area (Å²) in [6.07, 6.45) is 2.23. The van der Waals surface area contributed by atoms with Crippen LogP contribution in [-0.2, 0) is 21.7 Å². The summed E-state index contributed by atoms with van der Waals surface area (Å²) in [5.41, 5.74) is 10.3. The van der Waals surface area contributed by atoms with Crippen molar-refractivity contribution in [1.29, 1.82) is 0 Å². The molecule has 0 saturated heterocycles. The molecule has 39 heavy (non-hydrogen) atoms. The van der Waals surface area contributed by atoms with Crippen molar-refractivity contribution in [3.63, 3.8) is 0 Å². The standard InChI is InChI=1S/C38H59N/c1-23(2)24-19-26-27(32(5,6)36(13,14)35(11,12)31(26,3)4)20-25(24)30-21-28-29(22-39-30)34(9,10)38(17,18)37(15,16)33(28,7)8/h19-23H,1-18H3. The SMILES string of the molecule is CC(C)c1cc2c(cc1-c1cc3c(cn1)C(C)(C)C(C)(C)C(C)(C)C3(C)C)C(C)(C)C(C)(C)C(C)(C)C2(C)C. The quantitative estimate of drug-likeness (QED) is 0.377. The summed E-state index contributed by atoms with van der Waals surface area (Å²) in [6.45, 7) is 44.2. The van der Waals surface area contributed by atoms with E-state index in [1.165, 1.54) is 33.4 Å². The first kappa shape index (κ1) is 30.3. The van der Waals surface area contributed by atoms with Gasteiger partial charge in [0, 0.05) is 11.8 Å². The summed E-state index contributed by atoms with van der Waals surface area (Å²) < 4.78 is 0. The Hall–Kier alpha value is -1.63. The van der Waals surface area contributed by atoms with Crippen LogP contribution in [0.1, 0.15) is 158 Å². The molecule has 216 valence electrons. The molecule has 0 aliphatic heterocycles. The molecule has 1 aromatic carbocycles. The molecular formula is C38H59N. The van der Waals surface area contributed by atoms with Crippen LogP contribution in [0.5, 0.6) is 0 Å². The van der Waals surface area contributed by atoms with E-state index < -0.39 is 0 Å². The van der Waals surface area contributed by atoms with E-state index in [-0.39, 0.29) is 43.3 Å². The van der Waals surface area contributed by atoms with Gasteiger partial charge in [0.2, 0.25) is 0 Å². The summed E-state index contributed by atoms with van der Waals surface area (Å²) in [7, 11) is 0. The molecule has 0 unspecified atom stereocenters. The number of aromatic nitrogens is 1. The zero-order valence-corrected chi connectivity index (χ0v) is 28.8. The maximum Gasteiger partial charge on any atom is 0.0708 e. The molecule has 0 amide bonds. The van der Waals surface area contributed by atoms with E-state index in [9.17, 15) is 0 Å². The van der Waals surface area contributed by atoms with Crippen LogP contribution in [0, 0.1) is 21.7 Å². The maximum absolute atomic E-state index is 5.28. The average molecular weight is 530 g/mol. The maximum atomic E-state index is 5.28. The second-order valence-electron chi connectivity index (χ2n) is 17.8. The van der Waals surface area contributed by atoms with Crippen LogP contribution in [0.3, 0.4) is 0 Å². The van der Waals surface area contributed by atoms with Gasteiger partial charge in [0.15, 0.2) is 0 Å². The highest BCUT2D eigenvalue weighted by molar-refractivity contribution is 5.70. The van der Waals surface area contributed by atoms with Gasteiger partial charge in [0.25, 0.3) is 0 Å². The Bertz CT molecular complexity index is 1320. The van der Waals surface area contributed by atoms with Crippen LogP contribution in [0.2, 0.25) is 0 Å². The highest BCUT2D eigenvalue weighted by atomic mass is 14.7. The first-order chi connectivity index (χ1) is 17.2. The normalized spacial score (nSPS) is 26.0. The average Bonchev–Trinajstić information content (AvgIpc) is 2.80. The minimum atomic E-state index is 0.0124. The van der Waals surface area contributed by atoms with Crippen molar-refractivity contribution in [3.8, 4) is 11.3 Å². The third-order valence-electron chi connectivity index (χ3n) is 15.1. The van der Waals surface area contributed by atoms with Gasteiger partial charge in [-0.3, -0.25) is 4.98 Å². The van der Waals surface area contributed by atoms with E-state index in [0.717, 1.165) is 5.69 Å². The molecule has 2 aliphatic carbocycles. The molecule has 0 atom stereocenters. The first-order valence-corrected chi connectivity index (χ1v) is 15.4. The lowest BCUT2D eigenvalue weighted by Crippen LogP contribution is -2.60. The Balaban J connectivity index is 2.08. The van der Waals surface area contributed by atoms with Crippen molar-refractivity contribution < 1.29 is 0 Å². The van der Waals surface area contributed by atoms with Gasteiger partial charge in [-0.25, -0.2) is 0 Å². The van der Waals surface area contributed by atoms with Crippen molar-refractivity contribution in [2.45, 2.75) is 152 Å². The summed E-state index contributed by atoms with van der Waals surface area (Å²) in [5, 5.41) is 0. The summed E-state index contributed by atoms with van der Waals surface area (Å²) in [6, 6.07) is 7.59. The van der Waals surface area contributed by atoms with E-state index in [4.69, 9.17) is 4.98 Å². The lowest BCUT2D eigenvalue weighted by Gasteiger charge is -2.64. The molecule has 0 fully saturated rings. The largest absolute Gasteiger partial charge is 0.256 e. The van der Waals surface area contributed by atoms with Crippen LogP contribution in [0.4, 0.5) is 0 Å². The lowest BCUT2D eigenvalue weighted by atomic mass is 9.40. The monoisotopic (exact) mass is 529 g/mol. The predicted molar refractivity (Wildman–Crippen MR) is 171 cm³/mol. The topological polar surface area (TPSA) is 12.9 Å². The van der Waals surface area contributed by atoms with E-state index >= 15 is 0 Å². The Morgan fingerprint density at radius 2 is 0.795 bits per heavy atom. The van der Waals surface area contributed by atoms with Gasteiger partial charge >= 0.3 is 0 Å². The summed E-state index contributed by atoms with van der Waals surface area (Å²) in [4.78, 5) is 5.28. The van der Waals surface area contributed by atoms with Crippen LogP contribution < -0.4 is 0 Å². The molecule has 0 radical (unpaired) electrons. The second kappa shape index (κ2) is 8.01. The second-order valence-corrected chi connectivity index (χ2v) is 17.8. The van der Waals surface area contributed by atoms with Gasteiger partial charge in [-0.05, 0) is 89.2 Å². The third kappa shape index (κ3) is 3.34. The molecule has 2 aliphatic rings. The van der Waals surface area contributed by atoms with E-state index in [1.807, 2.05) is 0 Å². The third-order valence-corrected chi connectivity index (χ3v) is 15.1. The molecule has 0 saturated carbocycles. The first-order valence-electron chi connectivity index (χ1n) is 15.4. The number of hydrogen-bond donors (Lipinski definition) is 0. The van der Waals surface area contributed by atoms with Crippen LogP contribution in [0.15, 0.2) is 24.4 Å². The van der Waals surface area contributed by atoms with Crippen LogP contribution in [-0.4, -0.2) is 4.98 Å². The predicted octanol–water partition coefficient (Wildman–Crippen LogP) is 11.1. The molecule has 1 nitrogen and oxygen atoms in total. The molecule has 1 heteroatoms. The molecule has 0 N–H and O–H groups in total. The molecule has 0 spiro atoms. The molecular weight excluding hydrogens is 470 g/mol. The number of rotatable bonds is 2. The minimum absolute atomic E-state index is 0.0124. The highest BCUT2D eigenvalue weighted by Gasteiger charge is 2.62. The van der Waals surface area contributed by atoms with Crippen molar-refractivity contribution in [3.05, 3.63) is 52.2 Å². The van der Waals surface area contributed by atoms with Gasteiger partial charge in [-0.15, -0.1) is 0 Å². The lowest BCUT2D eigenvalue weighted by molar-refractivity contribution is -0.0443. The summed E-state index contributed by atoms with van der Waals surface area (Å²) in [5.74, 6) is 0.417. The molecule has 2 aromatic rings. The number of hydrogen-bond acceptors (Lipinski definition) is 1. The Kier molecular flexibility index (Phi) is 6.23. The van der Waals surface area contributed by atoms with Crippen LogP contribution in [0.25, 0.3) is 11.3 Å². The smallest absolute Gasteiger partial charge is 0.0708 e. The van der Waals surface area contributed by atoms with E-state index in [1.54, 1.807) is 0 Å². The molecule has 1 heterocycles.